The standard InChI is InChI=1S/C16H17Cl2NO/c1-10-11(6-4-8-14(10)17)16(20)13(9-19)12-5-2-3-7-15(12)18/h2-8,13,16,20H,9,19H2,1H3. The van der Waals surface area contributed by atoms with Crippen molar-refractivity contribution in [3.63, 3.8) is 0 Å². The van der Waals surface area contributed by atoms with E-state index in [0.29, 0.717) is 16.6 Å². The Kier molecular flexibility index (Phi) is 5.06. The molecule has 0 heterocycles. The van der Waals surface area contributed by atoms with E-state index >= 15 is 0 Å². The van der Waals surface area contributed by atoms with Gasteiger partial charge >= 0.3 is 0 Å². The predicted molar refractivity (Wildman–Crippen MR) is 84.4 cm³/mol. The van der Waals surface area contributed by atoms with E-state index in [1.165, 1.54) is 0 Å². The van der Waals surface area contributed by atoms with Crippen molar-refractivity contribution in [2.24, 2.45) is 5.73 Å². The van der Waals surface area contributed by atoms with E-state index in [1.807, 2.05) is 37.3 Å². The maximum atomic E-state index is 10.7. The second kappa shape index (κ2) is 6.59. The van der Waals surface area contributed by atoms with Crippen molar-refractivity contribution in [1.29, 1.82) is 0 Å². The first kappa shape index (κ1) is 15.3. The molecular weight excluding hydrogens is 293 g/mol. The van der Waals surface area contributed by atoms with Gasteiger partial charge in [-0.25, -0.2) is 0 Å². The van der Waals surface area contributed by atoms with Crippen molar-refractivity contribution >= 4 is 23.2 Å². The number of nitrogens with two attached hydrogens (primary N) is 1. The van der Waals surface area contributed by atoms with Gasteiger partial charge in [-0.1, -0.05) is 53.5 Å². The van der Waals surface area contributed by atoms with Gasteiger partial charge in [0.15, 0.2) is 0 Å². The summed E-state index contributed by atoms with van der Waals surface area (Å²) >= 11 is 12.3. The van der Waals surface area contributed by atoms with Crippen molar-refractivity contribution in [2.45, 2.75) is 18.9 Å². The van der Waals surface area contributed by atoms with Crippen LogP contribution in [0.5, 0.6) is 0 Å². The molecule has 0 saturated heterocycles. The van der Waals surface area contributed by atoms with Gasteiger partial charge < -0.3 is 10.8 Å². The third-order valence-corrected chi connectivity index (χ3v) is 4.32. The number of benzene rings is 2. The van der Waals surface area contributed by atoms with Crippen molar-refractivity contribution in [3.8, 4) is 0 Å². The van der Waals surface area contributed by atoms with Crippen LogP contribution in [0.4, 0.5) is 0 Å². The lowest BCUT2D eigenvalue weighted by molar-refractivity contribution is 0.147. The molecule has 0 amide bonds. The monoisotopic (exact) mass is 309 g/mol. The average molecular weight is 310 g/mol. The minimum Gasteiger partial charge on any atom is -0.388 e. The first-order chi connectivity index (χ1) is 9.56. The van der Waals surface area contributed by atoms with Gasteiger partial charge in [-0.3, -0.25) is 0 Å². The van der Waals surface area contributed by atoms with Gasteiger partial charge in [-0.2, -0.15) is 0 Å². The van der Waals surface area contributed by atoms with Gasteiger partial charge in [0, 0.05) is 22.5 Å². The Morgan fingerprint density at radius 2 is 1.60 bits per heavy atom. The molecular formula is C16H17Cl2NO. The Hall–Kier alpha value is -1.06. The van der Waals surface area contributed by atoms with E-state index in [2.05, 4.69) is 0 Å². The molecule has 2 rings (SSSR count). The number of aliphatic hydroxyl groups is 1. The summed E-state index contributed by atoms with van der Waals surface area (Å²) in [5, 5.41) is 11.9. The SMILES string of the molecule is Cc1c(Cl)cccc1C(O)C(CN)c1ccccc1Cl. The summed E-state index contributed by atoms with van der Waals surface area (Å²) in [4.78, 5) is 0. The zero-order chi connectivity index (χ0) is 14.7. The molecule has 2 nitrogen and oxygen atoms in total. The first-order valence-electron chi connectivity index (χ1n) is 6.43. The molecule has 0 radical (unpaired) electrons. The van der Waals surface area contributed by atoms with E-state index in [0.717, 1.165) is 16.7 Å². The van der Waals surface area contributed by atoms with Gasteiger partial charge in [0.2, 0.25) is 0 Å². The summed E-state index contributed by atoms with van der Waals surface area (Å²) in [7, 11) is 0. The van der Waals surface area contributed by atoms with Crippen LogP contribution in [0.2, 0.25) is 10.0 Å². The third-order valence-electron chi connectivity index (χ3n) is 3.57. The van der Waals surface area contributed by atoms with E-state index in [4.69, 9.17) is 28.9 Å². The summed E-state index contributed by atoms with van der Waals surface area (Å²) in [5.41, 5.74) is 8.35. The maximum Gasteiger partial charge on any atom is 0.0874 e. The highest BCUT2D eigenvalue weighted by Crippen LogP contribution is 2.36. The smallest absolute Gasteiger partial charge is 0.0874 e. The molecule has 0 saturated carbocycles. The number of halogens is 2. The molecule has 2 aromatic carbocycles. The summed E-state index contributed by atoms with van der Waals surface area (Å²) in [6.07, 6.45) is -0.737. The second-order valence-electron chi connectivity index (χ2n) is 4.76. The second-order valence-corrected chi connectivity index (χ2v) is 5.58. The van der Waals surface area contributed by atoms with Crippen molar-refractivity contribution < 1.29 is 5.11 Å². The molecule has 0 aromatic heterocycles. The molecule has 0 fully saturated rings. The highest BCUT2D eigenvalue weighted by molar-refractivity contribution is 6.31. The van der Waals surface area contributed by atoms with Crippen LogP contribution in [0.25, 0.3) is 0 Å². The third kappa shape index (κ3) is 2.99. The number of rotatable bonds is 4. The van der Waals surface area contributed by atoms with Crippen LogP contribution < -0.4 is 5.73 Å². The van der Waals surface area contributed by atoms with E-state index in [1.54, 1.807) is 12.1 Å². The summed E-state index contributed by atoms with van der Waals surface area (Å²) in [5.74, 6) is -0.263. The minimum atomic E-state index is -0.737. The van der Waals surface area contributed by atoms with E-state index < -0.39 is 6.10 Å². The molecule has 2 aromatic rings. The molecule has 2 unspecified atom stereocenters. The number of aliphatic hydroxyl groups excluding tert-OH is 1. The maximum absolute atomic E-state index is 10.7. The number of hydrogen-bond acceptors (Lipinski definition) is 2. The molecule has 2 atom stereocenters. The molecule has 106 valence electrons. The van der Waals surface area contributed by atoms with E-state index in [-0.39, 0.29) is 5.92 Å². The van der Waals surface area contributed by atoms with Crippen LogP contribution in [0, 0.1) is 6.92 Å². The van der Waals surface area contributed by atoms with Crippen LogP contribution >= 0.6 is 23.2 Å². The predicted octanol–water partition coefficient (Wildman–Crippen LogP) is 4.08. The fourth-order valence-electron chi connectivity index (χ4n) is 2.36. The molecule has 0 bridgehead atoms. The van der Waals surface area contributed by atoms with Gasteiger partial charge in [0.1, 0.15) is 0 Å². The topological polar surface area (TPSA) is 46.2 Å². The van der Waals surface area contributed by atoms with Crippen LogP contribution in [0.15, 0.2) is 42.5 Å². The lowest BCUT2D eigenvalue weighted by Gasteiger charge is -2.24. The van der Waals surface area contributed by atoms with Crippen molar-refractivity contribution in [1.82, 2.24) is 0 Å². The normalized spacial score (nSPS) is 14.1. The van der Waals surface area contributed by atoms with Crippen LogP contribution in [0.1, 0.15) is 28.7 Å². The van der Waals surface area contributed by atoms with Crippen molar-refractivity contribution in [3.05, 3.63) is 69.2 Å². The minimum absolute atomic E-state index is 0.263. The quantitative estimate of drug-likeness (QED) is 0.894. The Morgan fingerprint density at radius 1 is 1.00 bits per heavy atom. The van der Waals surface area contributed by atoms with Gasteiger partial charge in [0.05, 0.1) is 6.10 Å². The van der Waals surface area contributed by atoms with E-state index in [9.17, 15) is 5.11 Å². The Morgan fingerprint density at radius 3 is 2.25 bits per heavy atom. The molecule has 20 heavy (non-hydrogen) atoms. The summed E-state index contributed by atoms with van der Waals surface area (Å²) in [6, 6.07) is 12.9. The highest BCUT2D eigenvalue weighted by Gasteiger charge is 2.25. The molecule has 0 aliphatic heterocycles. The average Bonchev–Trinajstić information content (AvgIpc) is 2.44. The number of hydrogen-bond donors (Lipinski definition) is 2. The summed E-state index contributed by atoms with van der Waals surface area (Å²) in [6.45, 7) is 2.19. The molecule has 0 spiro atoms. The molecule has 0 aliphatic rings. The Balaban J connectivity index is 2.42. The first-order valence-corrected chi connectivity index (χ1v) is 7.19. The largest absolute Gasteiger partial charge is 0.388 e. The molecule has 4 heteroatoms. The lowest BCUT2D eigenvalue weighted by atomic mass is 9.87. The Labute approximate surface area is 129 Å². The Bertz CT molecular complexity index is 601. The van der Waals surface area contributed by atoms with Crippen LogP contribution in [0.3, 0.4) is 0 Å². The molecule has 0 aliphatic carbocycles. The van der Waals surface area contributed by atoms with Gasteiger partial charge in [-0.15, -0.1) is 0 Å². The van der Waals surface area contributed by atoms with Crippen LogP contribution in [-0.2, 0) is 0 Å². The lowest BCUT2D eigenvalue weighted by Crippen LogP contribution is -2.21. The molecule has 3 N–H and O–H groups in total. The zero-order valence-corrected chi connectivity index (χ0v) is 12.7. The highest BCUT2D eigenvalue weighted by atomic mass is 35.5. The van der Waals surface area contributed by atoms with Gasteiger partial charge in [0.25, 0.3) is 0 Å². The summed E-state index contributed by atoms with van der Waals surface area (Å²) < 4.78 is 0. The van der Waals surface area contributed by atoms with Crippen molar-refractivity contribution in [2.75, 3.05) is 6.54 Å². The van der Waals surface area contributed by atoms with Crippen LogP contribution in [-0.4, -0.2) is 11.7 Å². The fourth-order valence-corrected chi connectivity index (χ4v) is 2.82. The van der Waals surface area contributed by atoms with Gasteiger partial charge in [-0.05, 0) is 35.7 Å². The zero-order valence-electron chi connectivity index (χ0n) is 11.2. The fraction of sp³-hybridized carbons (Fsp3) is 0.250.